The lowest BCUT2D eigenvalue weighted by atomic mass is 9.97. The first-order valence-corrected chi connectivity index (χ1v) is 17.7. The van der Waals surface area contributed by atoms with E-state index in [4.69, 9.17) is 9.47 Å². The molecule has 0 spiro atoms. The zero-order valence-corrected chi connectivity index (χ0v) is 27.2. The molecule has 0 saturated carbocycles. The Balaban J connectivity index is 1.46. The van der Waals surface area contributed by atoms with Crippen LogP contribution in [0.1, 0.15) is 155 Å². The van der Waals surface area contributed by atoms with Crippen LogP contribution < -0.4 is 0 Å². The molecule has 2 rings (SSSR count). The number of hydrogen-bond donors (Lipinski definition) is 5. The molecule has 8 atom stereocenters. The van der Waals surface area contributed by atoms with E-state index in [0.717, 1.165) is 51.4 Å². The van der Waals surface area contributed by atoms with Crippen molar-refractivity contribution in [2.24, 2.45) is 0 Å². The van der Waals surface area contributed by atoms with Gasteiger partial charge in [0.25, 0.3) is 0 Å². The third-order valence-electron chi connectivity index (χ3n) is 9.16. The first kappa shape index (κ1) is 38.2. The van der Waals surface area contributed by atoms with Crippen molar-refractivity contribution in [2.45, 2.75) is 204 Å². The largest absolute Gasteiger partial charge is 0.455 e. The monoisotopic (exact) mass is 612 g/mol. The number of cyclic esters (lactones) is 1. The molecular weight excluding hydrogens is 548 g/mol. The molecule has 0 radical (unpaired) electrons. The molecule has 2 aliphatic heterocycles. The summed E-state index contributed by atoms with van der Waals surface area (Å²) in [6, 6.07) is 0. The second-order valence-electron chi connectivity index (χ2n) is 13.3. The zero-order chi connectivity index (χ0) is 31.5. The molecule has 8 nitrogen and oxygen atoms in total. The Morgan fingerprint density at radius 1 is 0.674 bits per heavy atom. The molecule has 0 aromatic heterocycles. The second kappa shape index (κ2) is 22.5. The van der Waals surface area contributed by atoms with Crippen molar-refractivity contribution in [2.75, 3.05) is 0 Å². The van der Waals surface area contributed by atoms with E-state index >= 15 is 0 Å². The molecular formula is C35H64O8. The van der Waals surface area contributed by atoms with Gasteiger partial charge >= 0.3 is 5.97 Å². The van der Waals surface area contributed by atoms with E-state index in [1.165, 1.54) is 51.4 Å². The minimum atomic E-state index is -0.688. The van der Waals surface area contributed by atoms with E-state index < -0.39 is 30.5 Å². The Hall–Kier alpha value is -1.03. The maximum absolute atomic E-state index is 11.7. The molecule has 5 N–H and O–H groups in total. The van der Waals surface area contributed by atoms with Gasteiger partial charge in [-0.15, -0.1) is 0 Å². The molecule has 0 aromatic rings. The van der Waals surface area contributed by atoms with Gasteiger partial charge in [0.2, 0.25) is 0 Å². The Morgan fingerprint density at radius 2 is 1.16 bits per heavy atom. The van der Waals surface area contributed by atoms with Gasteiger partial charge in [-0.05, 0) is 64.4 Å². The zero-order valence-electron chi connectivity index (χ0n) is 27.2. The molecule has 1 saturated heterocycles. The molecule has 0 bridgehead atoms. The Kier molecular flexibility index (Phi) is 19.9. The second-order valence-corrected chi connectivity index (χ2v) is 13.3. The van der Waals surface area contributed by atoms with Gasteiger partial charge in [-0.25, -0.2) is 4.79 Å². The highest BCUT2D eigenvalue weighted by Crippen LogP contribution is 2.28. The minimum Gasteiger partial charge on any atom is -0.455 e. The van der Waals surface area contributed by atoms with E-state index in [-0.39, 0.29) is 30.7 Å². The summed E-state index contributed by atoms with van der Waals surface area (Å²) >= 11 is 0. The van der Waals surface area contributed by atoms with Crippen molar-refractivity contribution >= 4 is 5.97 Å². The normalized spacial score (nSPS) is 24.0. The number of carbonyl (C=O) groups is 1. The molecule has 252 valence electrons. The number of aliphatic hydroxyl groups excluding tert-OH is 5. The van der Waals surface area contributed by atoms with Crippen LogP contribution in [-0.4, -0.2) is 80.3 Å². The average molecular weight is 613 g/mol. The minimum absolute atomic E-state index is 0.217. The van der Waals surface area contributed by atoms with E-state index in [1.807, 2.05) is 0 Å². The van der Waals surface area contributed by atoms with Crippen LogP contribution in [0.2, 0.25) is 0 Å². The topological polar surface area (TPSA) is 137 Å². The number of hydrogen-bond acceptors (Lipinski definition) is 8. The number of ether oxygens (including phenoxy) is 2. The SMILES string of the molecule is CCCCCCCCCCCC[C@H](O)[C@H]1CC[C@H]([C@H](O)CC[C@H](O)C[C@H](O)CCCCC[C@@H](O)CC2=C[C@H](C)OC2=O)O1. The highest BCUT2D eigenvalue weighted by molar-refractivity contribution is 5.90. The first-order valence-electron chi connectivity index (χ1n) is 17.7. The van der Waals surface area contributed by atoms with Gasteiger partial charge in [0, 0.05) is 12.0 Å². The number of carbonyl (C=O) groups excluding carboxylic acids is 1. The third-order valence-corrected chi connectivity index (χ3v) is 9.16. The lowest BCUT2D eigenvalue weighted by Crippen LogP contribution is -2.31. The van der Waals surface area contributed by atoms with Crippen LogP contribution in [-0.2, 0) is 14.3 Å². The number of aliphatic hydroxyl groups is 5. The summed E-state index contributed by atoms with van der Waals surface area (Å²) in [4.78, 5) is 11.7. The molecule has 2 aliphatic rings. The Bertz CT molecular complexity index is 758. The van der Waals surface area contributed by atoms with Crippen molar-refractivity contribution in [1.29, 1.82) is 0 Å². The summed E-state index contributed by atoms with van der Waals surface area (Å²) in [5.74, 6) is -0.339. The summed E-state index contributed by atoms with van der Waals surface area (Å²) in [6.45, 7) is 4.04. The third kappa shape index (κ3) is 16.7. The smallest absolute Gasteiger partial charge is 0.334 e. The fourth-order valence-corrected chi connectivity index (χ4v) is 6.45. The van der Waals surface area contributed by atoms with E-state index in [0.29, 0.717) is 37.7 Å². The van der Waals surface area contributed by atoms with Crippen LogP contribution in [0.3, 0.4) is 0 Å². The van der Waals surface area contributed by atoms with Crippen LogP contribution in [0.25, 0.3) is 0 Å². The highest BCUT2D eigenvalue weighted by atomic mass is 16.5. The summed E-state index contributed by atoms with van der Waals surface area (Å²) in [5, 5.41) is 52.1. The van der Waals surface area contributed by atoms with Gasteiger partial charge in [0.05, 0.1) is 42.7 Å². The van der Waals surface area contributed by atoms with Crippen LogP contribution in [0.5, 0.6) is 0 Å². The van der Waals surface area contributed by atoms with Crippen molar-refractivity contribution in [1.82, 2.24) is 0 Å². The molecule has 0 unspecified atom stereocenters. The van der Waals surface area contributed by atoms with Gasteiger partial charge < -0.3 is 35.0 Å². The Labute approximate surface area is 261 Å². The first-order chi connectivity index (χ1) is 20.7. The van der Waals surface area contributed by atoms with Gasteiger partial charge in [-0.3, -0.25) is 0 Å². The number of esters is 1. The number of unbranched alkanes of at least 4 members (excludes halogenated alkanes) is 11. The van der Waals surface area contributed by atoms with Crippen molar-refractivity contribution in [3.05, 3.63) is 11.6 Å². The molecule has 2 heterocycles. The van der Waals surface area contributed by atoms with E-state index in [2.05, 4.69) is 6.92 Å². The fraction of sp³-hybridized carbons (Fsp3) is 0.914. The van der Waals surface area contributed by atoms with E-state index in [1.54, 1.807) is 13.0 Å². The summed E-state index contributed by atoms with van der Waals surface area (Å²) in [6.07, 6.45) is 17.9. The van der Waals surface area contributed by atoms with Crippen LogP contribution in [0.4, 0.5) is 0 Å². The summed E-state index contributed by atoms with van der Waals surface area (Å²) in [5.41, 5.74) is 0.547. The fourth-order valence-electron chi connectivity index (χ4n) is 6.45. The predicted octanol–water partition coefficient (Wildman–Crippen LogP) is 6.03. The lowest BCUT2D eigenvalue weighted by Gasteiger charge is -2.23. The maximum atomic E-state index is 11.7. The van der Waals surface area contributed by atoms with Gasteiger partial charge in [-0.1, -0.05) is 90.4 Å². The summed E-state index contributed by atoms with van der Waals surface area (Å²) in [7, 11) is 0. The molecule has 0 aliphatic carbocycles. The van der Waals surface area contributed by atoms with Crippen molar-refractivity contribution in [3.8, 4) is 0 Å². The van der Waals surface area contributed by atoms with Gasteiger partial charge in [-0.2, -0.15) is 0 Å². The maximum Gasteiger partial charge on any atom is 0.334 e. The molecule has 43 heavy (non-hydrogen) atoms. The molecule has 8 heteroatoms. The highest BCUT2D eigenvalue weighted by Gasteiger charge is 2.34. The van der Waals surface area contributed by atoms with Crippen LogP contribution in [0, 0.1) is 0 Å². The van der Waals surface area contributed by atoms with E-state index in [9.17, 15) is 30.3 Å². The number of rotatable bonds is 26. The van der Waals surface area contributed by atoms with Crippen molar-refractivity contribution in [3.63, 3.8) is 0 Å². The van der Waals surface area contributed by atoms with Gasteiger partial charge in [0.1, 0.15) is 6.10 Å². The predicted molar refractivity (Wildman–Crippen MR) is 170 cm³/mol. The molecule has 0 amide bonds. The quantitative estimate of drug-likeness (QED) is 0.0590. The van der Waals surface area contributed by atoms with Crippen LogP contribution in [0.15, 0.2) is 11.6 Å². The standard InChI is InChI=1S/C35H64O8/c1-3-4-5-6-7-8-9-10-11-15-18-31(39)33-21-22-34(43-33)32(40)20-19-30(38)25-29(37)17-14-12-13-16-28(36)24-27-23-26(2)42-35(27)41/h23,26,28-34,36-40H,3-22,24-25H2,1-2H3/t26-,28+,29+,30-,31-,32+,33+,34+/m0/s1. The van der Waals surface area contributed by atoms with Gasteiger partial charge in [0.15, 0.2) is 0 Å². The molecule has 0 aromatic carbocycles. The summed E-state index contributed by atoms with van der Waals surface area (Å²) < 4.78 is 11.1. The average Bonchev–Trinajstić information content (AvgIpc) is 3.58. The lowest BCUT2D eigenvalue weighted by molar-refractivity contribution is -0.139. The molecule has 1 fully saturated rings. The van der Waals surface area contributed by atoms with Crippen molar-refractivity contribution < 1.29 is 39.8 Å². The Morgan fingerprint density at radius 3 is 1.74 bits per heavy atom. The van der Waals surface area contributed by atoms with Crippen LogP contribution >= 0.6 is 0 Å².